The average Bonchev–Trinajstić information content (AvgIpc) is 3.10. The van der Waals surface area contributed by atoms with Crippen LogP contribution in [0.3, 0.4) is 0 Å². The Morgan fingerprint density at radius 1 is 0.938 bits per heavy atom. The van der Waals surface area contributed by atoms with E-state index in [2.05, 4.69) is 24.3 Å². The highest BCUT2D eigenvalue weighted by atomic mass is 16.7. The highest BCUT2D eigenvalue weighted by Crippen LogP contribution is 2.30. The standard InChI is InChI=1S/C25H26N2O5/c28-22(11-5-6-12-25(31)32-27-23(29)15-16-24(27)30)26-17-20-9-2-1-7-18(20)13-14-19-8-3-4-10-21(19)26/h1-4,7-10,13-14,22,28H,5-6,11-12,15-17H2/b14-13-. The topological polar surface area (TPSA) is 87.2 Å². The zero-order valence-electron chi connectivity index (χ0n) is 17.8. The lowest BCUT2D eigenvalue weighted by Crippen LogP contribution is -2.35. The van der Waals surface area contributed by atoms with Crippen molar-refractivity contribution in [1.29, 1.82) is 0 Å². The average molecular weight is 434 g/mol. The Hall–Kier alpha value is -3.45. The van der Waals surface area contributed by atoms with Gasteiger partial charge in [0.25, 0.3) is 11.8 Å². The Morgan fingerprint density at radius 3 is 2.38 bits per heavy atom. The number of amides is 2. The van der Waals surface area contributed by atoms with E-state index in [-0.39, 0.29) is 19.3 Å². The lowest BCUT2D eigenvalue weighted by Gasteiger charge is -2.33. The quantitative estimate of drug-likeness (QED) is 0.529. The number of hydrogen-bond donors (Lipinski definition) is 1. The molecule has 2 heterocycles. The predicted molar refractivity (Wildman–Crippen MR) is 120 cm³/mol. The molecule has 0 saturated carbocycles. The van der Waals surface area contributed by atoms with Gasteiger partial charge in [0.15, 0.2) is 0 Å². The number of aliphatic hydroxyl groups excluding tert-OH is 1. The number of benzene rings is 2. The minimum absolute atomic E-state index is 0.0753. The van der Waals surface area contributed by atoms with Crippen LogP contribution < -0.4 is 4.90 Å². The fraction of sp³-hybridized carbons (Fsp3) is 0.320. The second-order valence-electron chi connectivity index (χ2n) is 7.99. The molecule has 4 rings (SSSR count). The number of carbonyl (C=O) groups is 3. The molecule has 2 aromatic carbocycles. The molecule has 1 fully saturated rings. The molecule has 2 aliphatic heterocycles. The van der Waals surface area contributed by atoms with Crippen LogP contribution in [0.5, 0.6) is 0 Å². The van der Waals surface area contributed by atoms with Crippen molar-refractivity contribution in [3.63, 3.8) is 0 Å². The molecule has 32 heavy (non-hydrogen) atoms. The first kappa shape index (κ1) is 21.8. The molecule has 0 aliphatic carbocycles. The lowest BCUT2D eigenvalue weighted by molar-refractivity contribution is -0.197. The predicted octanol–water partition coefficient (Wildman–Crippen LogP) is 3.66. The monoisotopic (exact) mass is 434 g/mol. The first-order valence-corrected chi connectivity index (χ1v) is 10.9. The third-order valence-electron chi connectivity index (χ3n) is 5.74. The zero-order chi connectivity index (χ0) is 22.5. The van der Waals surface area contributed by atoms with Gasteiger partial charge in [0.1, 0.15) is 6.23 Å². The van der Waals surface area contributed by atoms with Crippen molar-refractivity contribution in [2.45, 2.75) is 51.3 Å². The third-order valence-corrected chi connectivity index (χ3v) is 5.74. The first-order valence-electron chi connectivity index (χ1n) is 10.9. The summed E-state index contributed by atoms with van der Waals surface area (Å²) in [6.45, 7) is 0.569. The van der Waals surface area contributed by atoms with E-state index in [0.29, 0.717) is 30.9 Å². The molecule has 7 nitrogen and oxygen atoms in total. The summed E-state index contributed by atoms with van der Waals surface area (Å²) in [6.07, 6.45) is 5.20. The zero-order valence-corrected chi connectivity index (χ0v) is 17.8. The summed E-state index contributed by atoms with van der Waals surface area (Å²) in [6, 6.07) is 16.1. The van der Waals surface area contributed by atoms with Crippen molar-refractivity contribution in [2.75, 3.05) is 4.90 Å². The van der Waals surface area contributed by atoms with Crippen LogP contribution in [0.4, 0.5) is 5.69 Å². The van der Waals surface area contributed by atoms with Crippen LogP contribution in [0.1, 0.15) is 55.2 Å². The Morgan fingerprint density at radius 2 is 1.59 bits per heavy atom. The van der Waals surface area contributed by atoms with Gasteiger partial charge in [-0.3, -0.25) is 9.59 Å². The number of carbonyl (C=O) groups excluding carboxylic acids is 3. The molecule has 0 spiro atoms. The van der Waals surface area contributed by atoms with Gasteiger partial charge in [0.05, 0.1) is 0 Å². The van der Waals surface area contributed by atoms with Crippen molar-refractivity contribution in [3.05, 3.63) is 65.2 Å². The number of rotatable bonds is 7. The summed E-state index contributed by atoms with van der Waals surface area (Å²) in [4.78, 5) is 41.9. The number of unbranched alkanes of at least 4 members (excludes halogenated alkanes) is 1. The Kier molecular flexibility index (Phi) is 6.66. The van der Waals surface area contributed by atoms with E-state index in [0.717, 1.165) is 22.4 Å². The number of hydroxylamine groups is 2. The summed E-state index contributed by atoms with van der Waals surface area (Å²) in [5, 5.41) is 11.6. The van der Waals surface area contributed by atoms with Crippen LogP contribution in [-0.4, -0.2) is 34.2 Å². The Labute approximate surface area is 186 Å². The molecule has 1 saturated heterocycles. The molecule has 2 aliphatic rings. The summed E-state index contributed by atoms with van der Waals surface area (Å²) in [5.74, 6) is -1.58. The Balaban J connectivity index is 1.36. The van der Waals surface area contributed by atoms with Crippen molar-refractivity contribution in [3.8, 4) is 0 Å². The van der Waals surface area contributed by atoms with E-state index in [1.807, 2.05) is 41.3 Å². The minimum Gasteiger partial charge on any atom is -0.374 e. The number of imide groups is 1. The normalized spacial score (nSPS) is 17.3. The molecule has 2 aromatic rings. The molecular formula is C25H26N2O5. The molecule has 1 N–H and O–H groups in total. The number of para-hydroxylation sites is 1. The molecule has 166 valence electrons. The van der Waals surface area contributed by atoms with Gasteiger partial charge in [0, 0.05) is 31.5 Å². The van der Waals surface area contributed by atoms with Gasteiger partial charge in [-0.05, 0) is 42.0 Å². The summed E-state index contributed by atoms with van der Waals surface area (Å²) in [7, 11) is 0. The largest absolute Gasteiger partial charge is 0.374 e. The van der Waals surface area contributed by atoms with Crippen LogP contribution in [0.2, 0.25) is 0 Å². The van der Waals surface area contributed by atoms with E-state index in [1.54, 1.807) is 0 Å². The van der Waals surface area contributed by atoms with Gasteiger partial charge < -0.3 is 14.8 Å². The molecular weight excluding hydrogens is 408 g/mol. The van der Waals surface area contributed by atoms with Crippen molar-refractivity contribution in [2.24, 2.45) is 0 Å². The summed E-state index contributed by atoms with van der Waals surface area (Å²) < 4.78 is 0. The van der Waals surface area contributed by atoms with Crippen molar-refractivity contribution >= 4 is 35.6 Å². The van der Waals surface area contributed by atoms with E-state index in [9.17, 15) is 19.5 Å². The second kappa shape index (κ2) is 9.78. The molecule has 7 heteroatoms. The van der Waals surface area contributed by atoms with Crippen LogP contribution in [0, 0.1) is 0 Å². The van der Waals surface area contributed by atoms with Crippen molar-refractivity contribution < 1.29 is 24.3 Å². The van der Waals surface area contributed by atoms with Gasteiger partial charge in [-0.2, -0.15) is 0 Å². The van der Waals surface area contributed by atoms with E-state index in [4.69, 9.17) is 4.84 Å². The maximum atomic E-state index is 12.0. The minimum atomic E-state index is -0.728. The van der Waals surface area contributed by atoms with Crippen LogP contribution in [0.15, 0.2) is 48.5 Å². The van der Waals surface area contributed by atoms with Gasteiger partial charge in [-0.1, -0.05) is 54.6 Å². The van der Waals surface area contributed by atoms with Gasteiger partial charge in [0.2, 0.25) is 0 Å². The number of aliphatic hydroxyl groups is 1. The smallest absolute Gasteiger partial charge is 0.333 e. The van der Waals surface area contributed by atoms with E-state index in [1.165, 1.54) is 0 Å². The molecule has 1 atom stereocenters. The number of anilines is 1. The lowest BCUT2D eigenvalue weighted by atomic mass is 10.0. The SMILES string of the molecule is O=C(CCCCC(O)N1Cc2ccccc2/C=C\c2ccccc21)ON1C(=O)CCC1=O. The van der Waals surface area contributed by atoms with Gasteiger partial charge >= 0.3 is 5.97 Å². The molecule has 0 radical (unpaired) electrons. The van der Waals surface area contributed by atoms with E-state index < -0.39 is 24.0 Å². The fourth-order valence-corrected chi connectivity index (χ4v) is 4.00. The number of hydrogen-bond acceptors (Lipinski definition) is 6. The maximum absolute atomic E-state index is 12.0. The van der Waals surface area contributed by atoms with Gasteiger partial charge in [-0.15, -0.1) is 5.06 Å². The molecule has 0 bridgehead atoms. The van der Waals surface area contributed by atoms with Crippen LogP contribution in [-0.2, 0) is 25.8 Å². The first-order chi connectivity index (χ1) is 15.5. The third kappa shape index (κ3) is 4.89. The fourth-order valence-electron chi connectivity index (χ4n) is 4.00. The van der Waals surface area contributed by atoms with Gasteiger partial charge in [-0.25, -0.2) is 4.79 Å². The Bertz CT molecular complexity index is 1030. The number of nitrogens with zero attached hydrogens (tertiary/aromatic N) is 2. The molecule has 2 amide bonds. The second-order valence-corrected chi connectivity index (χ2v) is 7.99. The van der Waals surface area contributed by atoms with Crippen molar-refractivity contribution in [1.82, 2.24) is 5.06 Å². The molecule has 0 aromatic heterocycles. The summed E-state index contributed by atoms with van der Waals surface area (Å²) in [5.41, 5.74) is 4.23. The molecule has 1 unspecified atom stereocenters. The van der Waals surface area contributed by atoms with E-state index >= 15 is 0 Å². The highest BCUT2D eigenvalue weighted by Gasteiger charge is 2.32. The van der Waals surface area contributed by atoms with Crippen LogP contribution in [0.25, 0.3) is 12.2 Å². The van der Waals surface area contributed by atoms with Crippen LogP contribution >= 0.6 is 0 Å². The highest BCUT2D eigenvalue weighted by molar-refractivity contribution is 6.01. The maximum Gasteiger partial charge on any atom is 0.333 e. The number of fused-ring (bicyclic) bond motifs is 2. The summed E-state index contributed by atoms with van der Waals surface area (Å²) >= 11 is 0.